The van der Waals surface area contributed by atoms with Gasteiger partial charge in [0, 0.05) is 41.6 Å². The van der Waals surface area contributed by atoms with E-state index in [4.69, 9.17) is 21.0 Å². The van der Waals surface area contributed by atoms with E-state index in [0.29, 0.717) is 43.0 Å². The van der Waals surface area contributed by atoms with Gasteiger partial charge in [0.2, 0.25) is 5.91 Å². The highest BCUT2D eigenvalue weighted by Gasteiger charge is 2.35. The number of likely N-dealkylation sites (tertiary alicyclic amines) is 1. The number of unbranched alkanes of at least 4 members (excludes halogenated alkanes) is 2. The Morgan fingerprint density at radius 3 is 2.55 bits per heavy atom. The molecule has 2 aliphatic rings. The summed E-state index contributed by atoms with van der Waals surface area (Å²) in [7, 11) is 0. The van der Waals surface area contributed by atoms with Crippen molar-refractivity contribution in [2.45, 2.75) is 87.4 Å². The fraction of sp³-hybridized carbons (Fsp3) is 0.516. The van der Waals surface area contributed by atoms with E-state index in [9.17, 15) is 9.59 Å². The van der Waals surface area contributed by atoms with Gasteiger partial charge < -0.3 is 20.5 Å². The van der Waals surface area contributed by atoms with Crippen molar-refractivity contribution in [2.75, 3.05) is 24.6 Å². The molecule has 2 aromatic carbocycles. The van der Waals surface area contributed by atoms with Crippen LogP contribution in [-0.2, 0) is 9.59 Å². The molecule has 4 N–H and O–H groups in total. The lowest BCUT2D eigenvalue weighted by Gasteiger charge is -2.39. The van der Waals surface area contributed by atoms with Gasteiger partial charge in [-0.2, -0.15) is 0 Å². The average Bonchev–Trinajstić information content (AvgIpc) is 2.93. The molecule has 2 heterocycles. The van der Waals surface area contributed by atoms with Crippen molar-refractivity contribution in [3.63, 3.8) is 0 Å². The summed E-state index contributed by atoms with van der Waals surface area (Å²) in [5.74, 6) is -0.215. The number of thioether (sulfide) groups is 1. The van der Waals surface area contributed by atoms with Crippen LogP contribution in [0.2, 0.25) is 0 Å². The number of carboxylic acids is 1. The SMILES string of the molecule is C[C@@H]1CCC[C@H](C)N1CCCCCN1C(=O)C(c2cccc(C(=N)N)c2)Sc2ccc(OCCCC(=O)O)cc21. The fourth-order valence-corrected chi connectivity index (χ4v) is 6.92. The largest absolute Gasteiger partial charge is 0.494 e. The smallest absolute Gasteiger partial charge is 0.303 e. The van der Waals surface area contributed by atoms with Crippen molar-refractivity contribution < 1.29 is 19.4 Å². The van der Waals surface area contributed by atoms with E-state index in [1.165, 1.54) is 31.0 Å². The summed E-state index contributed by atoms with van der Waals surface area (Å²) in [5.41, 5.74) is 8.01. The number of amides is 1. The standard InChI is InChI=1S/C31H42N4O4S/c1-21-9-6-10-22(2)34(21)16-4-3-5-17-35-26-20-25(39-18-8-13-28(36)37)14-15-27(26)40-29(31(35)38)23-11-7-12-24(19-23)30(32)33/h7,11-12,14-15,19-22,29H,3-6,8-10,13,16-18H2,1-2H3,(H3,32,33)(H,36,37)/t21-,22+,29?. The maximum atomic E-state index is 13.9. The Labute approximate surface area is 241 Å². The first-order valence-electron chi connectivity index (χ1n) is 14.4. The fourth-order valence-electron chi connectivity index (χ4n) is 5.72. The van der Waals surface area contributed by atoms with Gasteiger partial charge in [-0.15, -0.1) is 11.8 Å². The number of anilines is 1. The number of nitrogens with zero attached hydrogens (tertiary/aromatic N) is 2. The predicted octanol–water partition coefficient (Wildman–Crippen LogP) is 5.83. The van der Waals surface area contributed by atoms with E-state index in [1.54, 1.807) is 6.07 Å². The van der Waals surface area contributed by atoms with Crippen molar-refractivity contribution in [3.8, 4) is 5.75 Å². The van der Waals surface area contributed by atoms with Crippen molar-refractivity contribution in [2.24, 2.45) is 5.73 Å². The van der Waals surface area contributed by atoms with E-state index in [2.05, 4.69) is 18.7 Å². The molecule has 2 aromatic rings. The Balaban J connectivity index is 1.47. The second-order valence-corrected chi connectivity index (χ2v) is 12.1. The Bertz CT molecular complexity index is 1200. The number of hydrogen-bond acceptors (Lipinski definition) is 6. The zero-order valence-corrected chi connectivity index (χ0v) is 24.4. The number of carbonyl (C=O) groups is 2. The van der Waals surface area contributed by atoms with Crippen molar-refractivity contribution in [1.29, 1.82) is 5.41 Å². The molecular formula is C31H42N4O4S. The molecule has 0 aromatic heterocycles. The maximum absolute atomic E-state index is 13.9. The summed E-state index contributed by atoms with van der Waals surface area (Å²) in [5, 5.41) is 16.3. The van der Waals surface area contributed by atoms with Gasteiger partial charge in [0.15, 0.2) is 0 Å². The van der Waals surface area contributed by atoms with Crippen molar-refractivity contribution >= 4 is 35.2 Å². The summed E-state index contributed by atoms with van der Waals surface area (Å²) >= 11 is 1.50. The van der Waals surface area contributed by atoms with Gasteiger partial charge in [0.25, 0.3) is 0 Å². The lowest BCUT2D eigenvalue weighted by Crippen LogP contribution is -2.44. The quantitative estimate of drug-likeness (QED) is 0.159. The highest BCUT2D eigenvalue weighted by Crippen LogP contribution is 2.48. The molecule has 1 saturated heterocycles. The zero-order valence-electron chi connectivity index (χ0n) is 23.6. The molecule has 3 atom stereocenters. The van der Waals surface area contributed by atoms with E-state index in [0.717, 1.165) is 42.0 Å². The third-order valence-corrected chi connectivity index (χ3v) is 9.24. The molecular weight excluding hydrogens is 524 g/mol. The summed E-state index contributed by atoms with van der Waals surface area (Å²) in [6.45, 7) is 6.68. The number of piperidine rings is 1. The van der Waals surface area contributed by atoms with E-state index < -0.39 is 11.2 Å². The van der Waals surface area contributed by atoms with Gasteiger partial charge in [0.05, 0.1) is 12.3 Å². The molecule has 2 aliphatic heterocycles. The van der Waals surface area contributed by atoms with Crippen LogP contribution in [0.1, 0.15) is 81.6 Å². The average molecular weight is 567 g/mol. The molecule has 0 aliphatic carbocycles. The molecule has 40 heavy (non-hydrogen) atoms. The minimum absolute atomic E-state index is 0.0134. The molecule has 9 heteroatoms. The van der Waals surface area contributed by atoms with Gasteiger partial charge >= 0.3 is 5.97 Å². The topological polar surface area (TPSA) is 120 Å². The second kappa shape index (κ2) is 14.0. The highest BCUT2D eigenvalue weighted by molar-refractivity contribution is 8.00. The molecule has 1 amide bonds. The summed E-state index contributed by atoms with van der Waals surface area (Å²) < 4.78 is 5.84. The number of ether oxygens (including phenoxy) is 1. The minimum Gasteiger partial charge on any atom is -0.494 e. The number of carbonyl (C=O) groups excluding carboxylic acids is 1. The van der Waals surface area contributed by atoms with Gasteiger partial charge in [-0.05, 0) is 76.3 Å². The van der Waals surface area contributed by atoms with Gasteiger partial charge in [-0.25, -0.2) is 0 Å². The molecule has 0 spiro atoms. The molecule has 8 nitrogen and oxygen atoms in total. The first-order valence-corrected chi connectivity index (χ1v) is 15.3. The number of hydrogen-bond donors (Lipinski definition) is 3. The maximum Gasteiger partial charge on any atom is 0.303 e. The number of benzene rings is 2. The van der Waals surface area contributed by atoms with Crippen LogP contribution in [0, 0.1) is 5.41 Å². The number of aliphatic carboxylic acids is 1. The van der Waals surface area contributed by atoms with Crippen LogP contribution in [0.25, 0.3) is 0 Å². The summed E-state index contributed by atoms with van der Waals surface area (Å²) in [6.07, 6.45) is 7.38. The third kappa shape index (κ3) is 7.57. The molecule has 4 rings (SSSR count). The first kappa shape index (κ1) is 29.9. The zero-order chi connectivity index (χ0) is 28.6. The molecule has 0 saturated carbocycles. The van der Waals surface area contributed by atoms with Crippen LogP contribution in [0.15, 0.2) is 47.4 Å². The molecule has 1 unspecified atom stereocenters. The monoisotopic (exact) mass is 566 g/mol. The lowest BCUT2D eigenvalue weighted by atomic mass is 9.97. The number of nitrogens with two attached hydrogens (primary N) is 1. The van der Waals surface area contributed by atoms with E-state index in [-0.39, 0.29) is 18.2 Å². The van der Waals surface area contributed by atoms with Crippen molar-refractivity contribution in [3.05, 3.63) is 53.6 Å². The number of nitrogen functional groups attached to an aromatic ring is 1. The van der Waals surface area contributed by atoms with Crippen LogP contribution < -0.4 is 15.4 Å². The van der Waals surface area contributed by atoms with Crippen LogP contribution in [0.4, 0.5) is 5.69 Å². The third-order valence-electron chi connectivity index (χ3n) is 7.93. The Kier molecular flexibility index (Phi) is 10.5. The molecule has 0 radical (unpaired) electrons. The number of nitrogens with one attached hydrogen (secondary N) is 1. The molecule has 216 valence electrons. The van der Waals surface area contributed by atoms with Gasteiger partial charge in [0.1, 0.15) is 16.8 Å². The number of carboxylic acid groups (broad SMARTS) is 1. The van der Waals surface area contributed by atoms with Gasteiger partial charge in [-0.1, -0.05) is 31.0 Å². The van der Waals surface area contributed by atoms with Crippen molar-refractivity contribution in [1.82, 2.24) is 4.90 Å². The number of fused-ring (bicyclic) bond motifs is 1. The molecule has 1 fully saturated rings. The van der Waals surface area contributed by atoms with Crippen LogP contribution in [0.5, 0.6) is 5.75 Å². The number of rotatable bonds is 13. The van der Waals surface area contributed by atoms with Crippen LogP contribution >= 0.6 is 11.8 Å². The normalized spacial score (nSPS) is 21.2. The van der Waals surface area contributed by atoms with Crippen LogP contribution in [-0.4, -0.2) is 59.5 Å². The van der Waals surface area contributed by atoms with E-state index in [1.807, 2.05) is 41.3 Å². The van der Waals surface area contributed by atoms with E-state index >= 15 is 0 Å². The number of amidine groups is 1. The highest BCUT2D eigenvalue weighted by atomic mass is 32.2. The minimum atomic E-state index is -0.841. The lowest BCUT2D eigenvalue weighted by molar-refractivity contribution is -0.137. The molecule has 0 bridgehead atoms. The first-order chi connectivity index (χ1) is 19.2. The summed E-state index contributed by atoms with van der Waals surface area (Å²) in [6, 6.07) is 14.4. The Hall–Kier alpha value is -3.04. The summed E-state index contributed by atoms with van der Waals surface area (Å²) in [4.78, 5) is 30.3. The van der Waals surface area contributed by atoms with Crippen LogP contribution in [0.3, 0.4) is 0 Å². The van der Waals surface area contributed by atoms with Gasteiger partial charge in [-0.3, -0.25) is 19.9 Å². The Morgan fingerprint density at radius 1 is 1.07 bits per heavy atom. The predicted molar refractivity (Wildman–Crippen MR) is 161 cm³/mol. The second-order valence-electron chi connectivity index (χ2n) is 10.9. The Morgan fingerprint density at radius 2 is 1.82 bits per heavy atom.